The average molecular weight is 407 g/mol. The Kier molecular flexibility index (Phi) is 5.83. The summed E-state index contributed by atoms with van der Waals surface area (Å²) in [4.78, 5) is 31.4. The number of ether oxygens (including phenoxy) is 2. The Morgan fingerprint density at radius 1 is 1.24 bits per heavy atom. The van der Waals surface area contributed by atoms with Gasteiger partial charge >= 0.3 is 6.36 Å². The lowest BCUT2D eigenvalue weighted by Gasteiger charge is -2.19. The maximum atomic E-state index is 12.8. The van der Waals surface area contributed by atoms with Crippen molar-refractivity contribution in [3.63, 3.8) is 0 Å². The van der Waals surface area contributed by atoms with E-state index >= 15 is 0 Å². The number of alkyl halides is 3. The van der Waals surface area contributed by atoms with E-state index in [-0.39, 0.29) is 17.9 Å². The number of pyridine rings is 2. The number of nitrogens with one attached hydrogen (secondary N) is 2. The number of carbonyl (C=O) groups is 1. The van der Waals surface area contributed by atoms with Gasteiger partial charge in [0.05, 0.1) is 29.2 Å². The number of hydrogen-bond acceptors (Lipinski definition) is 5. The zero-order valence-corrected chi connectivity index (χ0v) is 15.1. The molecular weight excluding hydrogens is 391 g/mol. The fourth-order valence-corrected chi connectivity index (χ4v) is 2.79. The number of nitrogens with zero attached hydrogens (tertiary/aromatic N) is 1. The Hall–Kier alpha value is -3.40. The summed E-state index contributed by atoms with van der Waals surface area (Å²) < 4.78 is 45.9. The van der Waals surface area contributed by atoms with Gasteiger partial charge in [-0.25, -0.2) is 0 Å². The number of methoxy groups -OCH3 is 1. The monoisotopic (exact) mass is 407 g/mol. The van der Waals surface area contributed by atoms with Crippen molar-refractivity contribution in [2.45, 2.75) is 12.4 Å². The molecule has 0 spiro atoms. The average Bonchev–Trinajstić information content (AvgIpc) is 2.66. The highest BCUT2D eigenvalue weighted by atomic mass is 19.4. The van der Waals surface area contributed by atoms with Gasteiger partial charge in [0.1, 0.15) is 5.75 Å². The van der Waals surface area contributed by atoms with Crippen LogP contribution in [0.1, 0.15) is 22.0 Å². The summed E-state index contributed by atoms with van der Waals surface area (Å²) in [6, 6.07) is 8.76. The number of halogens is 3. The SMILES string of the molecule is COCC(NC(=O)c1cc(=O)[nH]c2cccnc12)c1ccc(OC(F)(F)F)cc1. The van der Waals surface area contributed by atoms with E-state index < -0.39 is 23.9 Å². The number of amides is 1. The van der Waals surface area contributed by atoms with E-state index in [0.29, 0.717) is 16.6 Å². The molecule has 3 aromatic rings. The van der Waals surface area contributed by atoms with Gasteiger partial charge in [0.25, 0.3) is 5.91 Å². The van der Waals surface area contributed by atoms with Crippen LogP contribution in [-0.2, 0) is 4.74 Å². The molecule has 0 aliphatic carbocycles. The Morgan fingerprint density at radius 3 is 2.62 bits per heavy atom. The third-order valence-corrected chi connectivity index (χ3v) is 4.00. The Labute approximate surface area is 162 Å². The van der Waals surface area contributed by atoms with Crippen molar-refractivity contribution in [1.82, 2.24) is 15.3 Å². The molecule has 2 N–H and O–H groups in total. The van der Waals surface area contributed by atoms with Crippen LogP contribution in [0.5, 0.6) is 5.75 Å². The molecule has 0 saturated carbocycles. The van der Waals surface area contributed by atoms with Crippen LogP contribution in [-0.4, -0.2) is 36.0 Å². The van der Waals surface area contributed by atoms with Gasteiger partial charge < -0.3 is 19.8 Å². The molecule has 10 heteroatoms. The number of carbonyl (C=O) groups excluding carboxylic acids is 1. The molecule has 2 aromatic heterocycles. The largest absolute Gasteiger partial charge is 0.573 e. The Morgan fingerprint density at radius 2 is 1.97 bits per heavy atom. The smallest absolute Gasteiger partial charge is 0.406 e. The van der Waals surface area contributed by atoms with E-state index in [2.05, 4.69) is 20.0 Å². The molecule has 0 bridgehead atoms. The number of fused-ring (bicyclic) bond motifs is 1. The molecule has 0 fully saturated rings. The molecule has 0 saturated heterocycles. The first kappa shape index (κ1) is 20.3. The molecule has 0 radical (unpaired) electrons. The van der Waals surface area contributed by atoms with Crippen molar-refractivity contribution in [3.8, 4) is 5.75 Å². The standard InChI is InChI=1S/C19H16F3N3O4/c1-28-10-15(11-4-6-12(7-5-11)29-19(20,21)22)25-18(27)13-9-16(26)24-14-3-2-8-23-17(13)14/h2-9,15H,10H2,1H3,(H,24,26)(H,25,27). The van der Waals surface area contributed by atoms with Crippen molar-refractivity contribution < 1.29 is 27.4 Å². The molecule has 0 aliphatic rings. The number of aromatic nitrogens is 2. The van der Waals surface area contributed by atoms with Crippen molar-refractivity contribution >= 4 is 16.9 Å². The number of aromatic amines is 1. The van der Waals surface area contributed by atoms with Crippen LogP contribution in [0.25, 0.3) is 11.0 Å². The van der Waals surface area contributed by atoms with Crippen molar-refractivity contribution in [1.29, 1.82) is 0 Å². The molecule has 1 atom stereocenters. The number of rotatable bonds is 6. The zero-order valence-electron chi connectivity index (χ0n) is 15.1. The molecule has 152 valence electrons. The maximum absolute atomic E-state index is 12.8. The third kappa shape index (κ3) is 5.11. The molecule has 29 heavy (non-hydrogen) atoms. The summed E-state index contributed by atoms with van der Waals surface area (Å²) in [6.45, 7) is 0.0553. The Balaban J connectivity index is 1.86. The molecular formula is C19H16F3N3O4. The van der Waals surface area contributed by atoms with Gasteiger partial charge in [-0.2, -0.15) is 0 Å². The fraction of sp³-hybridized carbons (Fsp3) is 0.211. The van der Waals surface area contributed by atoms with Crippen LogP contribution in [0, 0.1) is 0 Å². The first-order valence-electron chi connectivity index (χ1n) is 8.40. The van der Waals surface area contributed by atoms with Crippen LogP contribution in [0.3, 0.4) is 0 Å². The highest BCUT2D eigenvalue weighted by molar-refractivity contribution is 6.04. The van der Waals surface area contributed by atoms with Crippen LogP contribution in [0.2, 0.25) is 0 Å². The predicted molar refractivity (Wildman–Crippen MR) is 97.6 cm³/mol. The normalized spacial score (nSPS) is 12.6. The van der Waals surface area contributed by atoms with Gasteiger partial charge in [0.15, 0.2) is 0 Å². The minimum absolute atomic E-state index is 0.0553. The third-order valence-electron chi connectivity index (χ3n) is 4.00. The predicted octanol–water partition coefficient (Wildman–Crippen LogP) is 2.94. The fourth-order valence-electron chi connectivity index (χ4n) is 2.79. The summed E-state index contributed by atoms with van der Waals surface area (Å²) in [7, 11) is 1.42. The van der Waals surface area contributed by atoms with Crippen LogP contribution >= 0.6 is 0 Å². The van der Waals surface area contributed by atoms with Crippen LogP contribution < -0.4 is 15.6 Å². The first-order valence-corrected chi connectivity index (χ1v) is 8.40. The molecule has 1 aromatic carbocycles. The lowest BCUT2D eigenvalue weighted by atomic mass is 10.1. The Bertz CT molecular complexity index is 1060. The van der Waals surface area contributed by atoms with E-state index in [4.69, 9.17) is 4.74 Å². The van der Waals surface area contributed by atoms with Gasteiger partial charge in [-0.05, 0) is 29.8 Å². The van der Waals surface area contributed by atoms with E-state index in [1.807, 2.05) is 0 Å². The van der Waals surface area contributed by atoms with Gasteiger partial charge in [-0.3, -0.25) is 14.6 Å². The van der Waals surface area contributed by atoms with Gasteiger partial charge in [-0.1, -0.05) is 12.1 Å². The summed E-state index contributed by atoms with van der Waals surface area (Å²) >= 11 is 0. The number of H-pyrrole nitrogens is 1. The summed E-state index contributed by atoms with van der Waals surface area (Å²) in [6.07, 6.45) is -3.31. The van der Waals surface area contributed by atoms with E-state index in [0.717, 1.165) is 18.2 Å². The second-order valence-corrected chi connectivity index (χ2v) is 6.05. The van der Waals surface area contributed by atoms with Gasteiger partial charge in [0.2, 0.25) is 5.56 Å². The molecule has 1 unspecified atom stereocenters. The van der Waals surface area contributed by atoms with Crippen molar-refractivity contribution in [3.05, 3.63) is 70.1 Å². The lowest BCUT2D eigenvalue weighted by molar-refractivity contribution is -0.274. The van der Waals surface area contributed by atoms with Crippen LogP contribution in [0.4, 0.5) is 13.2 Å². The van der Waals surface area contributed by atoms with E-state index in [1.165, 1.54) is 25.4 Å². The second kappa shape index (κ2) is 8.31. The van der Waals surface area contributed by atoms with E-state index in [9.17, 15) is 22.8 Å². The quantitative estimate of drug-likeness (QED) is 0.655. The molecule has 1 amide bonds. The molecule has 3 rings (SSSR count). The maximum Gasteiger partial charge on any atom is 0.573 e. The minimum Gasteiger partial charge on any atom is -0.406 e. The zero-order chi connectivity index (χ0) is 21.0. The summed E-state index contributed by atoms with van der Waals surface area (Å²) in [5, 5.41) is 2.72. The lowest BCUT2D eigenvalue weighted by Crippen LogP contribution is -2.32. The minimum atomic E-state index is -4.80. The first-order chi connectivity index (χ1) is 13.8. The molecule has 2 heterocycles. The highest BCUT2D eigenvalue weighted by Gasteiger charge is 2.31. The summed E-state index contributed by atoms with van der Waals surface area (Å²) in [5.41, 5.74) is 0.823. The topological polar surface area (TPSA) is 93.3 Å². The number of benzene rings is 1. The van der Waals surface area contributed by atoms with Gasteiger partial charge in [0, 0.05) is 19.4 Å². The van der Waals surface area contributed by atoms with Crippen molar-refractivity contribution in [2.75, 3.05) is 13.7 Å². The molecule has 0 aliphatic heterocycles. The number of hydrogen-bond donors (Lipinski definition) is 2. The van der Waals surface area contributed by atoms with Gasteiger partial charge in [-0.15, -0.1) is 13.2 Å². The second-order valence-electron chi connectivity index (χ2n) is 6.05. The van der Waals surface area contributed by atoms with E-state index in [1.54, 1.807) is 12.1 Å². The molecule has 7 nitrogen and oxygen atoms in total. The summed E-state index contributed by atoms with van der Waals surface area (Å²) in [5.74, 6) is -0.953. The highest BCUT2D eigenvalue weighted by Crippen LogP contribution is 2.25. The van der Waals surface area contributed by atoms with Crippen molar-refractivity contribution in [2.24, 2.45) is 0 Å². The van der Waals surface area contributed by atoms with Crippen LogP contribution in [0.15, 0.2) is 53.5 Å².